The topological polar surface area (TPSA) is 74.3 Å². The summed E-state index contributed by atoms with van der Waals surface area (Å²) in [6.45, 7) is 9.29. The van der Waals surface area contributed by atoms with Crippen LogP contribution in [0.15, 0.2) is 24.3 Å². The van der Waals surface area contributed by atoms with Gasteiger partial charge in [0.25, 0.3) is 5.91 Å². The van der Waals surface area contributed by atoms with E-state index in [1.54, 1.807) is 6.07 Å². The van der Waals surface area contributed by atoms with Crippen LogP contribution in [-0.4, -0.2) is 47.9 Å². The summed E-state index contributed by atoms with van der Waals surface area (Å²) in [6, 6.07) is 7.40. The summed E-state index contributed by atoms with van der Waals surface area (Å²) >= 11 is 0. The van der Waals surface area contributed by atoms with Gasteiger partial charge in [-0.2, -0.15) is 0 Å². The molecule has 1 aromatic carbocycles. The van der Waals surface area contributed by atoms with Gasteiger partial charge >= 0.3 is 0 Å². The van der Waals surface area contributed by atoms with E-state index in [2.05, 4.69) is 20.5 Å². The van der Waals surface area contributed by atoms with E-state index in [-0.39, 0.29) is 17.7 Å². The zero-order valence-corrected chi connectivity index (χ0v) is 17.0. The number of carbonyl (C=O) groups is 2. The minimum absolute atomic E-state index is 0.0801. The molecule has 0 atom stereocenters. The average molecular weight is 383 g/mol. The number of aryl methyl sites for hydroxylation is 1. The zero-order chi connectivity index (χ0) is 20.1. The molecule has 3 rings (SSSR count). The number of nitrogens with zero attached hydrogens (tertiary/aromatic N) is 2. The molecule has 150 valence electrons. The van der Waals surface area contributed by atoms with E-state index in [1.165, 1.54) is 19.3 Å². The van der Waals surface area contributed by atoms with Gasteiger partial charge in [-0.05, 0) is 51.1 Å². The van der Waals surface area contributed by atoms with Crippen molar-refractivity contribution in [1.29, 1.82) is 0 Å². The molecule has 0 radical (unpaired) electrons. The molecule has 28 heavy (non-hydrogen) atoms. The van der Waals surface area contributed by atoms with Gasteiger partial charge in [-0.1, -0.05) is 26.3 Å². The molecule has 6 nitrogen and oxygen atoms in total. The smallest absolute Gasteiger partial charge is 0.252 e. The Bertz CT molecular complexity index is 857. The SMILES string of the molecule is Cc1ccc2c(C(=O)NCCN3CCCCC3)cc(NC(=O)C(C)C)cc2n1. The Hall–Kier alpha value is -2.47. The number of amides is 2. The fraction of sp³-hybridized carbons (Fsp3) is 0.500. The molecule has 2 aromatic rings. The summed E-state index contributed by atoms with van der Waals surface area (Å²) in [5, 5.41) is 6.72. The molecule has 1 saturated heterocycles. The van der Waals surface area contributed by atoms with Crippen LogP contribution in [0.2, 0.25) is 0 Å². The summed E-state index contributed by atoms with van der Waals surface area (Å²) in [4.78, 5) is 31.9. The highest BCUT2D eigenvalue weighted by Gasteiger charge is 2.16. The van der Waals surface area contributed by atoms with Crippen LogP contribution < -0.4 is 10.6 Å². The van der Waals surface area contributed by atoms with Gasteiger partial charge in [0.15, 0.2) is 0 Å². The molecule has 1 fully saturated rings. The first-order valence-corrected chi connectivity index (χ1v) is 10.2. The van der Waals surface area contributed by atoms with Crippen LogP contribution in [0.3, 0.4) is 0 Å². The second kappa shape index (κ2) is 9.15. The Morgan fingerprint density at radius 2 is 1.89 bits per heavy atom. The van der Waals surface area contributed by atoms with E-state index >= 15 is 0 Å². The van der Waals surface area contributed by atoms with Crippen molar-refractivity contribution in [2.75, 3.05) is 31.5 Å². The van der Waals surface area contributed by atoms with Gasteiger partial charge in [-0.15, -0.1) is 0 Å². The highest BCUT2D eigenvalue weighted by atomic mass is 16.2. The molecule has 0 saturated carbocycles. The lowest BCUT2D eigenvalue weighted by Gasteiger charge is -2.26. The van der Waals surface area contributed by atoms with Crippen LogP contribution in [0.4, 0.5) is 5.69 Å². The molecule has 6 heteroatoms. The number of likely N-dealkylation sites (tertiary alicyclic amines) is 1. The van der Waals surface area contributed by atoms with Crippen LogP contribution in [0.25, 0.3) is 10.9 Å². The molecule has 2 heterocycles. The third-order valence-corrected chi connectivity index (χ3v) is 5.15. The number of rotatable bonds is 6. The van der Waals surface area contributed by atoms with Crippen molar-refractivity contribution in [1.82, 2.24) is 15.2 Å². The number of aromatic nitrogens is 1. The normalized spacial score (nSPS) is 15.0. The fourth-order valence-electron chi connectivity index (χ4n) is 3.49. The highest BCUT2D eigenvalue weighted by Crippen LogP contribution is 2.24. The lowest BCUT2D eigenvalue weighted by molar-refractivity contribution is -0.118. The van der Waals surface area contributed by atoms with Crippen LogP contribution in [0.5, 0.6) is 0 Å². The van der Waals surface area contributed by atoms with Gasteiger partial charge in [0.1, 0.15) is 0 Å². The van der Waals surface area contributed by atoms with E-state index in [9.17, 15) is 9.59 Å². The van der Waals surface area contributed by atoms with Gasteiger partial charge in [0, 0.05) is 35.8 Å². The minimum atomic E-state index is -0.136. The molecule has 0 bridgehead atoms. The van der Waals surface area contributed by atoms with Crippen LogP contribution >= 0.6 is 0 Å². The first-order chi connectivity index (χ1) is 13.4. The van der Waals surface area contributed by atoms with Crippen LogP contribution in [-0.2, 0) is 4.79 Å². The Morgan fingerprint density at radius 3 is 2.61 bits per heavy atom. The maximum absolute atomic E-state index is 12.9. The first kappa shape index (κ1) is 20.3. The summed E-state index contributed by atoms with van der Waals surface area (Å²) in [7, 11) is 0. The molecule has 0 unspecified atom stereocenters. The van der Waals surface area contributed by atoms with Crippen molar-refractivity contribution >= 4 is 28.4 Å². The summed E-state index contributed by atoms with van der Waals surface area (Å²) in [5.74, 6) is -0.347. The van der Waals surface area contributed by atoms with Crippen molar-refractivity contribution in [2.24, 2.45) is 5.92 Å². The molecule has 1 aliphatic heterocycles. The van der Waals surface area contributed by atoms with E-state index < -0.39 is 0 Å². The van der Waals surface area contributed by atoms with Gasteiger partial charge in [0.2, 0.25) is 5.91 Å². The zero-order valence-electron chi connectivity index (χ0n) is 17.0. The molecule has 0 aliphatic carbocycles. The number of piperidine rings is 1. The van der Waals surface area contributed by atoms with Crippen molar-refractivity contribution < 1.29 is 9.59 Å². The van der Waals surface area contributed by atoms with Crippen molar-refractivity contribution in [2.45, 2.75) is 40.0 Å². The second-order valence-corrected chi connectivity index (χ2v) is 7.85. The second-order valence-electron chi connectivity index (χ2n) is 7.85. The number of fused-ring (bicyclic) bond motifs is 1. The molecule has 0 spiro atoms. The van der Waals surface area contributed by atoms with E-state index in [0.29, 0.717) is 23.3 Å². The van der Waals surface area contributed by atoms with Gasteiger partial charge in [-0.3, -0.25) is 14.6 Å². The molecular weight excluding hydrogens is 352 g/mol. The number of anilines is 1. The monoisotopic (exact) mass is 382 g/mol. The standard InChI is InChI=1S/C22H30N4O2/c1-15(2)21(27)25-17-13-19(18-8-7-16(3)24-20(18)14-17)22(28)23-9-12-26-10-5-4-6-11-26/h7-8,13-15H,4-6,9-12H2,1-3H3,(H,23,28)(H,25,27). The van der Waals surface area contributed by atoms with Crippen LogP contribution in [0, 0.1) is 12.8 Å². The summed E-state index contributed by atoms with van der Waals surface area (Å²) < 4.78 is 0. The third-order valence-electron chi connectivity index (χ3n) is 5.15. The lowest BCUT2D eigenvalue weighted by Crippen LogP contribution is -2.37. The number of hydrogen-bond acceptors (Lipinski definition) is 4. The molecule has 2 amide bonds. The Balaban J connectivity index is 1.78. The molecular formula is C22H30N4O2. The Labute approximate surface area is 166 Å². The Morgan fingerprint density at radius 1 is 1.14 bits per heavy atom. The third kappa shape index (κ3) is 5.07. The van der Waals surface area contributed by atoms with Crippen molar-refractivity contribution in [3.05, 3.63) is 35.5 Å². The van der Waals surface area contributed by atoms with E-state index in [4.69, 9.17) is 0 Å². The largest absolute Gasteiger partial charge is 0.351 e. The quantitative estimate of drug-likeness (QED) is 0.803. The minimum Gasteiger partial charge on any atom is -0.351 e. The lowest BCUT2D eigenvalue weighted by atomic mass is 10.1. The number of benzene rings is 1. The summed E-state index contributed by atoms with van der Waals surface area (Å²) in [6.07, 6.45) is 3.78. The molecule has 1 aliphatic rings. The Kier molecular flexibility index (Phi) is 6.62. The first-order valence-electron chi connectivity index (χ1n) is 10.2. The number of pyridine rings is 1. The van der Waals surface area contributed by atoms with Gasteiger partial charge in [0.05, 0.1) is 11.1 Å². The number of nitrogens with one attached hydrogen (secondary N) is 2. The molecule has 1 aromatic heterocycles. The number of carbonyl (C=O) groups excluding carboxylic acids is 2. The molecule has 2 N–H and O–H groups in total. The van der Waals surface area contributed by atoms with Crippen molar-refractivity contribution in [3.63, 3.8) is 0 Å². The maximum Gasteiger partial charge on any atom is 0.252 e. The highest BCUT2D eigenvalue weighted by molar-refractivity contribution is 6.08. The van der Waals surface area contributed by atoms with Crippen molar-refractivity contribution in [3.8, 4) is 0 Å². The fourth-order valence-corrected chi connectivity index (χ4v) is 3.49. The predicted molar refractivity (Wildman–Crippen MR) is 113 cm³/mol. The predicted octanol–water partition coefficient (Wildman–Crippen LogP) is 3.35. The number of hydrogen-bond donors (Lipinski definition) is 2. The van der Waals surface area contributed by atoms with Gasteiger partial charge < -0.3 is 15.5 Å². The maximum atomic E-state index is 12.9. The van der Waals surface area contributed by atoms with Crippen LogP contribution in [0.1, 0.15) is 49.2 Å². The van der Waals surface area contributed by atoms with E-state index in [1.807, 2.05) is 39.0 Å². The van der Waals surface area contributed by atoms with Gasteiger partial charge in [-0.25, -0.2) is 0 Å². The average Bonchev–Trinajstić information content (AvgIpc) is 2.67. The summed E-state index contributed by atoms with van der Waals surface area (Å²) in [5.41, 5.74) is 2.73. The van der Waals surface area contributed by atoms with E-state index in [0.717, 1.165) is 30.7 Å².